The Bertz CT molecular complexity index is 621. The smallest absolute Gasteiger partial charge is 0.335 e. The first-order chi connectivity index (χ1) is 11.5. The monoisotopic (exact) mass is 332 g/mol. The number of carbonyl (C=O) groups is 3. The van der Waals surface area contributed by atoms with Gasteiger partial charge in [-0.2, -0.15) is 0 Å². The molecule has 0 heterocycles. The first kappa shape index (κ1) is 18.0. The van der Waals surface area contributed by atoms with Crippen molar-refractivity contribution in [2.24, 2.45) is 5.92 Å². The van der Waals surface area contributed by atoms with Gasteiger partial charge < -0.3 is 15.7 Å². The average molecular weight is 332 g/mol. The van der Waals surface area contributed by atoms with Crippen molar-refractivity contribution in [3.8, 4) is 0 Å². The number of aromatic carboxylic acids is 1. The number of benzene rings is 1. The van der Waals surface area contributed by atoms with Crippen molar-refractivity contribution < 1.29 is 19.5 Å². The lowest BCUT2D eigenvalue weighted by molar-refractivity contribution is -0.124. The number of nitrogens with one attached hydrogen (secondary N) is 2. The summed E-state index contributed by atoms with van der Waals surface area (Å²) in [5.74, 6) is -0.777. The molecule has 24 heavy (non-hydrogen) atoms. The van der Waals surface area contributed by atoms with E-state index < -0.39 is 5.97 Å². The second-order valence-electron chi connectivity index (χ2n) is 6.35. The number of hydrogen-bond donors (Lipinski definition) is 3. The summed E-state index contributed by atoms with van der Waals surface area (Å²) in [5.41, 5.74) is 1.29. The van der Waals surface area contributed by atoms with Crippen molar-refractivity contribution in [1.82, 2.24) is 5.32 Å². The fourth-order valence-corrected chi connectivity index (χ4v) is 3.09. The lowest BCUT2D eigenvalue weighted by Gasteiger charge is -2.10. The Kier molecular flexibility index (Phi) is 6.35. The zero-order valence-electron chi connectivity index (χ0n) is 13.9. The van der Waals surface area contributed by atoms with Gasteiger partial charge in [-0.3, -0.25) is 9.59 Å². The largest absolute Gasteiger partial charge is 0.478 e. The standard InChI is InChI=1S/C18H24N2O4/c1-12-10-14(7-8-15(12)18(23)24)20-17(22)11-19-16(21)9-6-13-4-2-3-5-13/h7-8,10,13H,2-6,9,11H2,1H3,(H,19,21)(H,20,22)(H,23,24). The van der Waals surface area contributed by atoms with Crippen LogP contribution in [0.4, 0.5) is 5.69 Å². The van der Waals surface area contributed by atoms with E-state index in [0.29, 0.717) is 23.6 Å². The van der Waals surface area contributed by atoms with E-state index in [4.69, 9.17) is 5.11 Å². The summed E-state index contributed by atoms with van der Waals surface area (Å²) < 4.78 is 0. The summed E-state index contributed by atoms with van der Waals surface area (Å²) in [7, 11) is 0. The Balaban J connectivity index is 1.73. The lowest BCUT2D eigenvalue weighted by Crippen LogP contribution is -2.32. The number of amides is 2. The number of rotatable bonds is 7. The van der Waals surface area contributed by atoms with Crippen LogP contribution in [-0.4, -0.2) is 29.4 Å². The van der Waals surface area contributed by atoms with Gasteiger partial charge in [0.1, 0.15) is 0 Å². The molecule has 1 aliphatic carbocycles. The molecule has 0 radical (unpaired) electrons. The molecule has 6 heteroatoms. The van der Waals surface area contributed by atoms with Crippen molar-refractivity contribution in [3.63, 3.8) is 0 Å². The molecular formula is C18H24N2O4. The van der Waals surface area contributed by atoms with E-state index in [-0.39, 0.29) is 23.9 Å². The maximum absolute atomic E-state index is 11.9. The topological polar surface area (TPSA) is 95.5 Å². The molecule has 0 aliphatic heterocycles. The highest BCUT2D eigenvalue weighted by atomic mass is 16.4. The van der Waals surface area contributed by atoms with Gasteiger partial charge in [-0.15, -0.1) is 0 Å². The Labute approximate surface area is 141 Å². The second-order valence-corrected chi connectivity index (χ2v) is 6.35. The molecule has 1 aliphatic rings. The van der Waals surface area contributed by atoms with E-state index >= 15 is 0 Å². The Morgan fingerprint density at radius 2 is 1.88 bits per heavy atom. The average Bonchev–Trinajstić information content (AvgIpc) is 3.04. The van der Waals surface area contributed by atoms with Crippen LogP contribution in [0.15, 0.2) is 18.2 Å². The Morgan fingerprint density at radius 1 is 1.17 bits per heavy atom. The van der Waals surface area contributed by atoms with Gasteiger partial charge in [0, 0.05) is 12.1 Å². The SMILES string of the molecule is Cc1cc(NC(=O)CNC(=O)CCC2CCCC2)ccc1C(=O)O. The molecule has 0 bridgehead atoms. The van der Waals surface area contributed by atoms with Gasteiger partial charge in [-0.05, 0) is 43.0 Å². The third-order valence-electron chi connectivity index (χ3n) is 4.44. The van der Waals surface area contributed by atoms with Crippen LogP contribution in [0.25, 0.3) is 0 Å². The van der Waals surface area contributed by atoms with E-state index in [1.165, 1.54) is 37.8 Å². The Hall–Kier alpha value is -2.37. The lowest BCUT2D eigenvalue weighted by atomic mass is 10.0. The number of carboxylic acids is 1. The summed E-state index contributed by atoms with van der Waals surface area (Å²) >= 11 is 0. The Morgan fingerprint density at radius 3 is 2.50 bits per heavy atom. The fourth-order valence-electron chi connectivity index (χ4n) is 3.09. The molecule has 6 nitrogen and oxygen atoms in total. The molecule has 0 saturated heterocycles. The molecule has 130 valence electrons. The fraction of sp³-hybridized carbons (Fsp3) is 0.500. The van der Waals surface area contributed by atoms with Gasteiger partial charge in [0.25, 0.3) is 0 Å². The van der Waals surface area contributed by atoms with E-state index in [0.717, 1.165) is 6.42 Å². The summed E-state index contributed by atoms with van der Waals surface area (Å²) in [5, 5.41) is 14.3. The highest BCUT2D eigenvalue weighted by Crippen LogP contribution is 2.28. The maximum Gasteiger partial charge on any atom is 0.335 e. The molecule has 3 N–H and O–H groups in total. The van der Waals surface area contributed by atoms with Crippen LogP contribution in [0.2, 0.25) is 0 Å². The van der Waals surface area contributed by atoms with Gasteiger partial charge in [0.15, 0.2) is 0 Å². The number of aryl methyl sites for hydroxylation is 1. The molecule has 1 fully saturated rings. The van der Waals surface area contributed by atoms with Crippen molar-refractivity contribution in [3.05, 3.63) is 29.3 Å². The van der Waals surface area contributed by atoms with Crippen molar-refractivity contribution in [1.29, 1.82) is 0 Å². The minimum Gasteiger partial charge on any atom is -0.478 e. The van der Waals surface area contributed by atoms with E-state index in [1.807, 2.05) is 0 Å². The number of carboxylic acid groups (broad SMARTS) is 1. The summed E-state index contributed by atoms with van der Waals surface area (Å²) in [6.45, 7) is 1.59. The molecule has 2 amide bonds. The quantitative estimate of drug-likeness (QED) is 0.715. The molecule has 0 unspecified atom stereocenters. The molecule has 1 aromatic carbocycles. The van der Waals surface area contributed by atoms with Gasteiger partial charge in [-0.1, -0.05) is 25.7 Å². The van der Waals surface area contributed by atoms with E-state index in [1.54, 1.807) is 13.0 Å². The maximum atomic E-state index is 11.9. The van der Waals surface area contributed by atoms with Crippen LogP contribution in [-0.2, 0) is 9.59 Å². The minimum absolute atomic E-state index is 0.0801. The predicted molar refractivity (Wildman–Crippen MR) is 91.0 cm³/mol. The molecule has 0 spiro atoms. The van der Waals surface area contributed by atoms with Gasteiger partial charge in [0.2, 0.25) is 11.8 Å². The molecule has 0 atom stereocenters. The summed E-state index contributed by atoms with van der Waals surface area (Å²) in [6, 6.07) is 4.59. The van der Waals surface area contributed by atoms with Crippen LogP contribution < -0.4 is 10.6 Å². The normalized spacial score (nSPS) is 14.4. The van der Waals surface area contributed by atoms with Gasteiger partial charge >= 0.3 is 5.97 Å². The number of anilines is 1. The molecule has 0 aromatic heterocycles. The zero-order valence-corrected chi connectivity index (χ0v) is 13.9. The van der Waals surface area contributed by atoms with E-state index in [2.05, 4.69) is 10.6 Å². The van der Waals surface area contributed by atoms with Crippen LogP contribution in [0.5, 0.6) is 0 Å². The highest BCUT2D eigenvalue weighted by molar-refractivity contribution is 5.95. The van der Waals surface area contributed by atoms with Crippen LogP contribution >= 0.6 is 0 Å². The van der Waals surface area contributed by atoms with Crippen LogP contribution in [0.1, 0.15) is 54.4 Å². The van der Waals surface area contributed by atoms with E-state index in [9.17, 15) is 14.4 Å². The molecular weight excluding hydrogens is 308 g/mol. The zero-order chi connectivity index (χ0) is 17.5. The first-order valence-electron chi connectivity index (χ1n) is 8.36. The minimum atomic E-state index is -1.00. The summed E-state index contributed by atoms with van der Waals surface area (Å²) in [4.78, 5) is 34.6. The predicted octanol–water partition coefficient (Wildman–Crippen LogP) is 2.72. The summed E-state index contributed by atoms with van der Waals surface area (Å²) in [6.07, 6.45) is 6.29. The first-order valence-corrected chi connectivity index (χ1v) is 8.36. The third-order valence-corrected chi connectivity index (χ3v) is 4.44. The van der Waals surface area contributed by atoms with Gasteiger partial charge in [-0.25, -0.2) is 4.79 Å². The molecule has 1 saturated carbocycles. The van der Waals surface area contributed by atoms with Crippen LogP contribution in [0, 0.1) is 12.8 Å². The number of hydrogen-bond acceptors (Lipinski definition) is 3. The van der Waals surface area contributed by atoms with Gasteiger partial charge in [0.05, 0.1) is 12.1 Å². The number of carbonyl (C=O) groups excluding carboxylic acids is 2. The highest BCUT2D eigenvalue weighted by Gasteiger charge is 2.16. The molecule has 1 aromatic rings. The third kappa shape index (κ3) is 5.37. The van der Waals surface area contributed by atoms with Crippen molar-refractivity contribution >= 4 is 23.5 Å². The second kappa shape index (κ2) is 8.47. The van der Waals surface area contributed by atoms with Crippen LogP contribution in [0.3, 0.4) is 0 Å². The molecule has 2 rings (SSSR count). The van der Waals surface area contributed by atoms with Crippen molar-refractivity contribution in [2.75, 3.05) is 11.9 Å². The van der Waals surface area contributed by atoms with Crippen molar-refractivity contribution in [2.45, 2.75) is 45.4 Å².